The zero-order valence-electron chi connectivity index (χ0n) is 13.3. The van der Waals surface area contributed by atoms with Gasteiger partial charge in [0.1, 0.15) is 5.71 Å². The second-order valence-electron chi connectivity index (χ2n) is 5.75. The summed E-state index contributed by atoms with van der Waals surface area (Å²) >= 11 is 0. The topological polar surface area (TPSA) is 41.9 Å². The Morgan fingerprint density at radius 1 is 1.13 bits per heavy atom. The van der Waals surface area contributed by atoms with Gasteiger partial charge in [-0.15, -0.1) is 0 Å². The number of benzene rings is 2. The second kappa shape index (κ2) is 6.65. The Morgan fingerprint density at radius 2 is 1.74 bits per heavy atom. The van der Waals surface area contributed by atoms with Crippen molar-refractivity contribution < 1.29 is 9.63 Å². The quantitative estimate of drug-likeness (QED) is 0.863. The number of nitrogens with zero attached hydrogens (tertiary/aromatic N) is 2. The Hall–Kier alpha value is -2.62. The van der Waals surface area contributed by atoms with E-state index < -0.39 is 0 Å². The van der Waals surface area contributed by atoms with Crippen LogP contribution >= 0.6 is 0 Å². The van der Waals surface area contributed by atoms with E-state index in [1.807, 2.05) is 67.6 Å². The van der Waals surface area contributed by atoms with E-state index in [1.54, 1.807) is 11.9 Å². The largest absolute Gasteiger partial charge is 0.387 e. The molecular formula is C19H20N2O2. The fourth-order valence-corrected chi connectivity index (χ4v) is 2.68. The Labute approximate surface area is 136 Å². The summed E-state index contributed by atoms with van der Waals surface area (Å²) < 4.78 is 0. The summed E-state index contributed by atoms with van der Waals surface area (Å²) in [6, 6.07) is 19.8. The lowest BCUT2D eigenvalue weighted by Crippen LogP contribution is -2.34. The van der Waals surface area contributed by atoms with Crippen molar-refractivity contribution in [2.24, 2.45) is 5.16 Å². The maximum absolute atomic E-state index is 12.7. The van der Waals surface area contributed by atoms with E-state index in [4.69, 9.17) is 4.84 Å². The van der Waals surface area contributed by atoms with Gasteiger partial charge in [0.2, 0.25) is 0 Å². The third kappa shape index (κ3) is 3.26. The molecule has 0 unspecified atom stereocenters. The van der Waals surface area contributed by atoms with Crippen molar-refractivity contribution in [3.8, 4) is 0 Å². The highest BCUT2D eigenvalue weighted by Gasteiger charge is 2.30. The maximum Gasteiger partial charge on any atom is 0.272 e. The molecule has 0 N–H and O–H groups in total. The van der Waals surface area contributed by atoms with Gasteiger partial charge in [0.15, 0.2) is 6.10 Å². The zero-order valence-corrected chi connectivity index (χ0v) is 13.3. The van der Waals surface area contributed by atoms with Crippen LogP contribution < -0.4 is 0 Å². The van der Waals surface area contributed by atoms with Gasteiger partial charge in [-0.2, -0.15) is 0 Å². The highest BCUT2D eigenvalue weighted by Crippen LogP contribution is 2.28. The molecule has 1 aliphatic rings. The summed E-state index contributed by atoms with van der Waals surface area (Å²) in [6.45, 7) is 2.01. The fourth-order valence-electron chi connectivity index (χ4n) is 2.68. The average Bonchev–Trinajstić information content (AvgIpc) is 3.11. The number of carbonyl (C=O) groups is 1. The minimum Gasteiger partial charge on any atom is -0.387 e. The lowest BCUT2D eigenvalue weighted by atomic mass is 10.0. The number of hydrogen-bond donors (Lipinski definition) is 0. The molecule has 1 aliphatic heterocycles. The number of carbonyl (C=O) groups excluding carboxylic acids is 1. The van der Waals surface area contributed by atoms with Gasteiger partial charge in [0.25, 0.3) is 5.91 Å². The molecule has 0 aliphatic carbocycles. The molecule has 23 heavy (non-hydrogen) atoms. The smallest absolute Gasteiger partial charge is 0.272 e. The molecule has 1 amide bonds. The van der Waals surface area contributed by atoms with Crippen molar-refractivity contribution in [1.29, 1.82) is 0 Å². The molecule has 118 valence electrons. The molecule has 0 saturated heterocycles. The predicted molar refractivity (Wildman–Crippen MR) is 89.9 cm³/mol. The lowest BCUT2D eigenvalue weighted by Gasteiger charge is -2.25. The minimum absolute atomic E-state index is 0.0119. The molecule has 3 rings (SSSR count). The van der Waals surface area contributed by atoms with Crippen LogP contribution in [0, 0.1) is 0 Å². The van der Waals surface area contributed by atoms with E-state index in [0.29, 0.717) is 12.1 Å². The second-order valence-corrected chi connectivity index (χ2v) is 5.75. The molecule has 1 heterocycles. The lowest BCUT2D eigenvalue weighted by molar-refractivity contribution is -0.124. The predicted octanol–water partition coefficient (Wildman–Crippen LogP) is 3.72. The highest BCUT2D eigenvalue weighted by atomic mass is 16.6. The fraction of sp³-hybridized carbons (Fsp3) is 0.263. The SMILES string of the molecule is C[C@@H](c1ccccc1)N(C)C(=O)C1=NO[C@@H](c2ccccc2)C1. The van der Waals surface area contributed by atoms with Crippen molar-refractivity contribution in [1.82, 2.24) is 4.90 Å². The van der Waals surface area contributed by atoms with Crippen molar-refractivity contribution >= 4 is 11.6 Å². The molecule has 0 saturated carbocycles. The molecule has 4 nitrogen and oxygen atoms in total. The Balaban J connectivity index is 1.67. The summed E-state index contributed by atoms with van der Waals surface area (Å²) in [6.07, 6.45) is 0.338. The van der Waals surface area contributed by atoms with E-state index in [9.17, 15) is 4.79 Å². The normalized spacial score (nSPS) is 18.0. The van der Waals surface area contributed by atoms with Crippen molar-refractivity contribution in [2.75, 3.05) is 7.05 Å². The molecule has 0 aromatic heterocycles. The van der Waals surface area contributed by atoms with Crippen LogP contribution in [-0.4, -0.2) is 23.6 Å². The zero-order chi connectivity index (χ0) is 16.2. The maximum atomic E-state index is 12.7. The molecule has 4 heteroatoms. The number of amides is 1. The summed E-state index contributed by atoms with van der Waals surface area (Å²) in [5.74, 6) is -0.0835. The van der Waals surface area contributed by atoms with E-state index in [0.717, 1.165) is 11.1 Å². The van der Waals surface area contributed by atoms with Crippen LogP contribution in [0.15, 0.2) is 65.8 Å². The van der Waals surface area contributed by atoms with Gasteiger partial charge in [0.05, 0.1) is 6.04 Å². The van der Waals surface area contributed by atoms with E-state index in [1.165, 1.54) is 0 Å². The highest BCUT2D eigenvalue weighted by molar-refractivity contribution is 6.39. The first-order valence-electron chi connectivity index (χ1n) is 7.76. The number of hydrogen-bond acceptors (Lipinski definition) is 3. The molecule has 0 bridgehead atoms. The van der Waals surface area contributed by atoms with Crippen molar-refractivity contribution in [3.63, 3.8) is 0 Å². The minimum atomic E-state index is -0.171. The summed E-state index contributed by atoms with van der Waals surface area (Å²) in [7, 11) is 1.80. The van der Waals surface area contributed by atoms with Gasteiger partial charge in [-0.3, -0.25) is 4.79 Å². The van der Waals surface area contributed by atoms with Crippen molar-refractivity contribution in [2.45, 2.75) is 25.5 Å². The molecule has 2 atom stereocenters. The molecule has 2 aromatic rings. The van der Waals surface area contributed by atoms with Gasteiger partial charge in [-0.25, -0.2) is 0 Å². The average molecular weight is 308 g/mol. The van der Waals surface area contributed by atoms with E-state index in [-0.39, 0.29) is 18.1 Å². The van der Waals surface area contributed by atoms with Gasteiger partial charge in [0, 0.05) is 13.5 Å². The third-order valence-electron chi connectivity index (χ3n) is 4.27. The van der Waals surface area contributed by atoms with Crippen LogP contribution in [-0.2, 0) is 9.63 Å². The van der Waals surface area contributed by atoms with Crippen LogP contribution in [0.3, 0.4) is 0 Å². The molecule has 2 aromatic carbocycles. The number of oxime groups is 1. The standard InChI is InChI=1S/C19H20N2O2/c1-14(15-9-5-3-6-10-15)21(2)19(22)17-13-18(23-20-17)16-11-7-4-8-12-16/h3-12,14,18H,13H2,1-2H3/t14-,18+/m0/s1. The van der Waals surface area contributed by atoms with Gasteiger partial charge < -0.3 is 9.74 Å². The van der Waals surface area contributed by atoms with Crippen LogP contribution in [0.5, 0.6) is 0 Å². The monoisotopic (exact) mass is 308 g/mol. The summed E-state index contributed by atoms with van der Waals surface area (Å²) in [5.41, 5.74) is 2.62. The first-order chi connectivity index (χ1) is 11.2. The first-order valence-corrected chi connectivity index (χ1v) is 7.76. The Kier molecular flexibility index (Phi) is 4.42. The summed E-state index contributed by atoms with van der Waals surface area (Å²) in [4.78, 5) is 19.8. The van der Waals surface area contributed by atoms with Crippen LogP contribution in [0.2, 0.25) is 0 Å². The van der Waals surface area contributed by atoms with Gasteiger partial charge in [-0.1, -0.05) is 65.8 Å². The van der Waals surface area contributed by atoms with Crippen LogP contribution in [0.25, 0.3) is 0 Å². The van der Waals surface area contributed by atoms with Gasteiger partial charge >= 0.3 is 0 Å². The first kappa shape index (κ1) is 15.3. The number of rotatable bonds is 4. The molecule has 0 spiro atoms. The molecule has 0 fully saturated rings. The van der Waals surface area contributed by atoms with Crippen molar-refractivity contribution in [3.05, 3.63) is 71.8 Å². The van der Waals surface area contributed by atoms with Gasteiger partial charge in [-0.05, 0) is 18.1 Å². The molecule has 0 radical (unpaired) electrons. The Morgan fingerprint density at radius 3 is 2.39 bits per heavy atom. The van der Waals surface area contributed by atoms with Crippen LogP contribution in [0.1, 0.15) is 36.6 Å². The van der Waals surface area contributed by atoms with E-state index >= 15 is 0 Å². The third-order valence-corrected chi connectivity index (χ3v) is 4.27. The van der Waals surface area contributed by atoms with Crippen LogP contribution in [0.4, 0.5) is 0 Å². The summed E-state index contributed by atoms with van der Waals surface area (Å²) in [5, 5.41) is 4.02. The Bertz CT molecular complexity index is 698. The van der Waals surface area contributed by atoms with E-state index in [2.05, 4.69) is 5.16 Å². The molecular weight excluding hydrogens is 288 g/mol.